The highest BCUT2D eigenvalue weighted by Gasteiger charge is 2.33. The van der Waals surface area contributed by atoms with Crippen molar-refractivity contribution in [1.29, 1.82) is 0 Å². The van der Waals surface area contributed by atoms with Crippen LogP contribution >= 0.6 is 0 Å². The standard InChI is InChI=1S/C15H34O2Si/c1-13(2)11-9-8-10-12-18(7,16-14(3)4)17-15(5)6/h13-15H,8-12H2,1-7H3. The van der Waals surface area contributed by atoms with Crippen LogP contribution in [-0.4, -0.2) is 20.8 Å². The second-order valence-electron chi connectivity index (χ2n) is 6.46. The topological polar surface area (TPSA) is 18.5 Å². The first-order chi connectivity index (χ1) is 8.25. The van der Waals surface area contributed by atoms with Crippen LogP contribution in [0.3, 0.4) is 0 Å². The molecule has 0 aliphatic carbocycles. The second-order valence-corrected chi connectivity index (χ2v) is 9.70. The van der Waals surface area contributed by atoms with Crippen molar-refractivity contribution in [2.45, 2.75) is 92.0 Å². The highest BCUT2D eigenvalue weighted by Crippen LogP contribution is 2.22. The molecule has 0 rings (SSSR count). The summed E-state index contributed by atoms with van der Waals surface area (Å²) in [6.07, 6.45) is 5.78. The molecule has 0 amide bonds. The van der Waals surface area contributed by atoms with Crippen molar-refractivity contribution < 1.29 is 8.85 Å². The maximum absolute atomic E-state index is 6.09. The highest BCUT2D eigenvalue weighted by atomic mass is 28.4. The van der Waals surface area contributed by atoms with Crippen LogP contribution in [0.25, 0.3) is 0 Å². The molecule has 0 aliphatic rings. The molecule has 0 saturated heterocycles. The minimum absolute atomic E-state index is 0.274. The van der Waals surface area contributed by atoms with Gasteiger partial charge < -0.3 is 8.85 Å². The monoisotopic (exact) mass is 274 g/mol. The van der Waals surface area contributed by atoms with Crippen molar-refractivity contribution >= 4 is 8.56 Å². The molecular weight excluding hydrogens is 240 g/mol. The van der Waals surface area contributed by atoms with E-state index in [-0.39, 0.29) is 12.2 Å². The molecule has 0 fully saturated rings. The lowest BCUT2D eigenvalue weighted by molar-refractivity contribution is 0.109. The molecule has 0 atom stereocenters. The molecule has 2 nitrogen and oxygen atoms in total. The molecule has 0 spiro atoms. The van der Waals surface area contributed by atoms with Gasteiger partial charge in [0.2, 0.25) is 0 Å². The first-order valence-electron chi connectivity index (χ1n) is 7.61. The van der Waals surface area contributed by atoms with E-state index in [1.807, 2.05) is 0 Å². The fourth-order valence-corrected chi connectivity index (χ4v) is 5.50. The van der Waals surface area contributed by atoms with Crippen molar-refractivity contribution in [2.24, 2.45) is 5.92 Å². The SMILES string of the molecule is CC(C)CCCCC[Si](C)(OC(C)C)OC(C)C. The molecule has 110 valence electrons. The maximum atomic E-state index is 6.09. The van der Waals surface area contributed by atoms with E-state index in [9.17, 15) is 0 Å². The summed E-state index contributed by atoms with van der Waals surface area (Å²) >= 11 is 0. The van der Waals surface area contributed by atoms with Crippen LogP contribution in [0, 0.1) is 5.92 Å². The van der Waals surface area contributed by atoms with E-state index in [2.05, 4.69) is 48.1 Å². The minimum Gasteiger partial charge on any atom is -0.392 e. The number of rotatable bonds is 10. The van der Waals surface area contributed by atoms with Crippen LogP contribution in [0.15, 0.2) is 0 Å². The summed E-state index contributed by atoms with van der Waals surface area (Å²) in [5.41, 5.74) is 0. The Hall–Kier alpha value is 0.137. The maximum Gasteiger partial charge on any atom is 0.335 e. The normalized spacial score (nSPS) is 13.0. The lowest BCUT2D eigenvalue weighted by Crippen LogP contribution is -2.42. The number of unbranched alkanes of at least 4 members (excludes halogenated alkanes) is 2. The first kappa shape index (κ1) is 18.1. The summed E-state index contributed by atoms with van der Waals surface area (Å²) in [7, 11) is -1.95. The summed E-state index contributed by atoms with van der Waals surface area (Å²) in [6.45, 7) is 15.2. The van der Waals surface area contributed by atoms with Gasteiger partial charge in [-0.25, -0.2) is 0 Å². The second kappa shape index (κ2) is 9.11. The van der Waals surface area contributed by atoms with Crippen LogP contribution in [0.2, 0.25) is 12.6 Å². The van der Waals surface area contributed by atoms with E-state index in [0.717, 1.165) is 12.0 Å². The Kier molecular flexibility index (Phi) is 9.18. The third kappa shape index (κ3) is 10.1. The molecule has 0 N–H and O–H groups in total. The molecular formula is C15H34O2Si. The Balaban J connectivity index is 4.00. The molecule has 0 aromatic carbocycles. The third-order valence-corrected chi connectivity index (χ3v) is 6.08. The van der Waals surface area contributed by atoms with Gasteiger partial charge in [-0.2, -0.15) is 0 Å². The van der Waals surface area contributed by atoms with Crippen LogP contribution in [0.4, 0.5) is 0 Å². The number of hydrogen-bond donors (Lipinski definition) is 0. The average molecular weight is 275 g/mol. The van der Waals surface area contributed by atoms with Crippen LogP contribution in [0.1, 0.15) is 67.2 Å². The Bertz CT molecular complexity index is 193. The van der Waals surface area contributed by atoms with E-state index in [1.165, 1.54) is 25.7 Å². The predicted octanol–water partition coefficient (Wildman–Crippen LogP) is 5.12. The van der Waals surface area contributed by atoms with Gasteiger partial charge in [-0.3, -0.25) is 0 Å². The van der Waals surface area contributed by atoms with Crippen LogP contribution in [-0.2, 0) is 8.85 Å². The highest BCUT2D eigenvalue weighted by molar-refractivity contribution is 6.66. The van der Waals surface area contributed by atoms with Gasteiger partial charge >= 0.3 is 8.56 Å². The zero-order chi connectivity index (χ0) is 14.2. The van der Waals surface area contributed by atoms with E-state index in [0.29, 0.717) is 0 Å². The lowest BCUT2D eigenvalue weighted by Gasteiger charge is -2.31. The van der Waals surface area contributed by atoms with Crippen molar-refractivity contribution in [3.63, 3.8) is 0 Å². The number of hydrogen-bond acceptors (Lipinski definition) is 2. The Morgan fingerprint density at radius 3 is 1.67 bits per heavy atom. The fourth-order valence-electron chi connectivity index (χ4n) is 2.32. The Labute approximate surface area is 116 Å². The molecule has 0 aromatic rings. The fraction of sp³-hybridized carbons (Fsp3) is 1.00. The van der Waals surface area contributed by atoms with Gasteiger partial charge in [-0.15, -0.1) is 0 Å². The zero-order valence-electron chi connectivity index (χ0n) is 13.6. The largest absolute Gasteiger partial charge is 0.392 e. The summed E-state index contributed by atoms with van der Waals surface area (Å²) in [5.74, 6) is 0.826. The molecule has 0 saturated carbocycles. The van der Waals surface area contributed by atoms with Gasteiger partial charge in [0, 0.05) is 12.2 Å². The van der Waals surface area contributed by atoms with E-state index >= 15 is 0 Å². The Morgan fingerprint density at radius 1 is 0.778 bits per heavy atom. The molecule has 0 heterocycles. The van der Waals surface area contributed by atoms with Crippen molar-refractivity contribution in [2.75, 3.05) is 0 Å². The predicted molar refractivity (Wildman–Crippen MR) is 82.2 cm³/mol. The van der Waals surface area contributed by atoms with Crippen LogP contribution in [0.5, 0.6) is 0 Å². The molecule has 0 aromatic heterocycles. The van der Waals surface area contributed by atoms with Gasteiger partial charge in [0.25, 0.3) is 0 Å². The molecule has 0 bridgehead atoms. The van der Waals surface area contributed by atoms with Gasteiger partial charge in [0.15, 0.2) is 0 Å². The Morgan fingerprint density at radius 2 is 1.28 bits per heavy atom. The summed E-state index contributed by atoms with van der Waals surface area (Å²) in [6, 6.07) is 1.13. The van der Waals surface area contributed by atoms with Gasteiger partial charge in [-0.05, 0) is 46.2 Å². The van der Waals surface area contributed by atoms with Gasteiger partial charge in [-0.1, -0.05) is 39.5 Å². The zero-order valence-corrected chi connectivity index (χ0v) is 14.6. The average Bonchev–Trinajstić information content (AvgIpc) is 2.13. The van der Waals surface area contributed by atoms with Crippen LogP contribution < -0.4 is 0 Å². The molecule has 18 heavy (non-hydrogen) atoms. The summed E-state index contributed by atoms with van der Waals surface area (Å²) in [5, 5.41) is 0. The van der Waals surface area contributed by atoms with Crippen molar-refractivity contribution in [3.05, 3.63) is 0 Å². The molecule has 3 heteroatoms. The summed E-state index contributed by atoms with van der Waals surface area (Å²) in [4.78, 5) is 0. The van der Waals surface area contributed by atoms with E-state index in [1.54, 1.807) is 0 Å². The van der Waals surface area contributed by atoms with Gasteiger partial charge in [0.05, 0.1) is 0 Å². The summed E-state index contributed by atoms with van der Waals surface area (Å²) < 4.78 is 12.2. The quantitative estimate of drug-likeness (QED) is 0.406. The minimum atomic E-state index is -1.95. The van der Waals surface area contributed by atoms with E-state index in [4.69, 9.17) is 8.85 Å². The van der Waals surface area contributed by atoms with E-state index < -0.39 is 8.56 Å². The molecule has 0 aliphatic heterocycles. The molecule has 0 radical (unpaired) electrons. The van der Waals surface area contributed by atoms with Crippen molar-refractivity contribution in [3.8, 4) is 0 Å². The smallest absolute Gasteiger partial charge is 0.335 e. The molecule has 0 unspecified atom stereocenters. The lowest BCUT2D eigenvalue weighted by atomic mass is 10.1. The first-order valence-corrected chi connectivity index (χ1v) is 10.1. The van der Waals surface area contributed by atoms with Gasteiger partial charge in [0.1, 0.15) is 0 Å². The third-order valence-electron chi connectivity index (χ3n) is 2.88. The van der Waals surface area contributed by atoms with Crippen molar-refractivity contribution in [1.82, 2.24) is 0 Å².